The molecule has 0 fully saturated rings. The van der Waals surface area contributed by atoms with Crippen molar-refractivity contribution in [2.24, 2.45) is 5.73 Å². The average molecular weight is 250 g/mol. The predicted octanol–water partition coefficient (Wildman–Crippen LogP) is 2.28. The molecule has 0 aromatic carbocycles. The van der Waals surface area contributed by atoms with E-state index in [1.165, 1.54) is 0 Å². The smallest absolute Gasteiger partial charge is 0.0738 e. The highest BCUT2D eigenvalue weighted by Crippen LogP contribution is 2.29. The van der Waals surface area contributed by atoms with Crippen molar-refractivity contribution in [2.75, 3.05) is 0 Å². The molecular weight excluding hydrogens is 238 g/mol. The maximum Gasteiger partial charge on any atom is 0.0738 e. The molecule has 1 aromatic heterocycles. The SMILES string of the molecule is CC[C@@H](O)[C@@H](N)c1sccc1Br. The molecule has 3 N–H and O–H groups in total. The molecule has 0 saturated carbocycles. The molecule has 0 amide bonds. The summed E-state index contributed by atoms with van der Waals surface area (Å²) in [6, 6.07) is 1.69. The molecule has 12 heavy (non-hydrogen) atoms. The Bertz CT molecular complexity index is 251. The third kappa shape index (κ3) is 2.07. The van der Waals surface area contributed by atoms with Crippen LogP contribution in [-0.4, -0.2) is 11.2 Å². The number of thiophene rings is 1. The van der Waals surface area contributed by atoms with Crippen molar-refractivity contribution in [1.82, 2.24) is 0 Å². The fraction of sp³-hybridized carbons (Fsp3) is 0.500. The minimum absolute atomic E-state index is 0.260. The number of aliphatic hydroxyl groups is 1. The summed E-state index contributed by atoms with van der Waals surface area (Å²) in [5.41, 5.74) is 5.82. The lowest BCUT2D eigenvalue weighted by molar-refractivity contribution is 0.142. The van der Waals surface area contributed by atoms with Gasteiger partial charge in [0.05, 0.1) is 12.1 Å². The van der Waals surface area contributed by atoms with Crippen LogP contribution in [0.4, 0.5) is 0 Å². The summed E-state index contributed by atoms with van der Waals surface area (Å²) in [6.07, 6.45) is 0.242. The van der Waals surface area contributed by atoms with Crippen molar-refractivity contribution in [2.45, 2.75) is 25.5 Å². The lowest BCUT2D eigenvalue weighted by Crippen LogP contribution is -2.24. The van der Waals surface area contributed by atoms with E-state index in [9.17, 15) is 5.11 Å². The third-order valence-electron chi connectivity index (χ3n) is 1.78. The summed E-state index contributed by atoms with van der Waals surface area (Å²) in [6.45, 7) is 1.92. The maximum atomic E-state index is 9.48. The number of hydrogen-bond donors (Lipinski definition) is 2. The second-order valence-electron chi connectivity index (χ2n) is 2.63. The fourth-order valence-corrected chi connectivity index (χ4v) is 2.67. The molecule has 0 saturated heterocycles. The summed E-state index contributed by atoms with van der Waals surface area (Å²) in [5.74, 6) is 0. The monoisotopic (exact) mass is 249 g/mol. The zero-order chi connectivity index (χ0) is 9.14. The van der Waals surface area contributed by atoms with Gasteiger partial charge in [-0.05, 0) is 33.8 Å². The molecule has 0 aliphatic rings. The molecule has 4 heteroatoms. The first-order valence-electron chi connectivity index (χ1n) is 3.83. The molecular formula is C8H12BrNOS. The quantitative estimate of drug-likeness (QED) is 0.864. The third-order valence-corrected chi connectivity index (χ3v) is 3.75. The van der Waals surface area contributed by atoms with E-state index in [4.69, 9.17) is 5.73 Å². The molecule has 2 atom stereocenters. The van der Waals surface area contributed by atoms with E-state index in [0.29, 0.717) is 6.42 Å². The Labute approximate surface area is 84.5 Å². The largest absolute Gasteiger partial charge is 0.391 e. The standard InChI is InChI=1S/C8H12BrNOS/c1-2-6(11)7(10)8-5(9)3-4-12-8/h3-4,6-7,11H,2,10H2,1H3/t6-,7-/m1/s1. The number of aliphatic hydroxyl groups excluding tert-OH is 1. The lowest BCUT2D eigenvalue weighted by atomic mass is 10.1. The van der Waals surface area contributed by atoms with Gasteiger partial charge in [-0.2, -0.15) is 0 Å². The van der Waals surface area contributed by atoms with Gasteiger partial charge < -0.3 is 10.8 Å². The number of rotatable bonds is 3. The van der Waals surface area contributed by atoms with Crippen LogP contribution in [0.2, 0.25) is 0 Å². The summed E-state index contributed by atoms with van der Waals surface area (Å²) >= 11 is 4.95. The minimum Gasteiger partial charge on any atom is -0.391 e. The first kappa shape index (κ1) is 10.2. The van der Waals surface area contributed by atoms with Gasteiger partial charge in [-0.15, -0.1) is 11.3 Å². The Morgan fingerprint density at radius 2 is 2.42 bits per heavy atom. The zero-order valence-corrected chi connectivity index (χ0v) is 9.23. The van der Waals surface area contributed by atoms with E-state index in [2.05, 4.69) is 15.9 Å². The zero-order valence-electron chi connectivity index (χ0n) is 6.83. The Morgan fingerprint density at radius 3 is 2.83 bits per heavy atom. The van der Waals surface area contributed by atoms with Crippen LogP contribution in [-0.2, 0) is 0 Å². The van der Waals surface area contributed by atoms with E-state index in [0.717, 1.165) is 9.35 Å². The molecule has 0 aliphatic carbocycles. The minimum atomic E-state index is -0.444. The first-order chi connectivity index (χ1) is 5.66. The van der Waals surface area contributed by atoms with Crippen molar-refractivity contribution in [1.29, 1.82) is 0 Å². The summed E-state index contributed by atoms with van der Waals surface area (Å²) in [7, 11) is 0. The van der Waals surface area contributed by atoms with Crippen LogP contribution >= 0.6 is 27.3 Å². The molecule has 0 radical (unpaired) electrons. The second kappa shape index (κ2) is 4.37. The van der Waals surface area contributed by atoms with Crippen molar-refractivity contribution in [3.05, 3.63) is 20.8 Å². The van der Waals surface area contributed by atoms with Crippen molar-refractivity contribution >= 4 is 27.3 Å². The van der Waals surface area contributed by atoms with Crippen molar-refractivity contribution in [3.8, 4) is 0 Å². The highest BCUT2D eigenvalue weighted by atomic mass is 79.9. The molecule has 1 rings (SSSR count). The molecule has 0 bridgehead atoms. The predicted molar refractivity (Wildman–Crippen MR) is 55.2 cm³/mol. The average Bonchev–Trinajstić information content (AvgIpc) is 2.48. The van der Waals surface area contributed by atoms with Crippen LogP contribution in [0.1, 0.15) is 24.3 Å². The molecule has 2 nitrogen and oxygen atoms in total. The van der Waals surface area contributed by atoms with Crippen LogP contribution in [0.25, 0.3) is 0 Å². The van der Waals surface area contributed by atoms with Crippen LogP contribution in [0.3, 0.4) is 0 Å². The van der Waals surface area contributed by atoms with Gasteiger partial charge in [0.2, 0.25) is 0 Å². The van der Waals surface area contributed by atoms with E-state index >= 15 is 0 Å². The van der Waals surface area contributed by atoms with Gasteiger partial charge in [-0.1, -0.05) is 6.92 Å². The fourth-order valence-electron chi connectivity index (χ4n) is 0.972. The van der Waals surface area contributed by atoms with Gasteiger partial charge in [0.15, 0.2) is 0 Å². The van der Waals surface area contributed by atoms with Gasteiger partial charge in [-0.25, -0.2) is 0 Å². The maximum absolute atomic E-state index is 9.48. The molecule has 68 valence electrons. The normalized spacial score (nSPS) is 16.0. The van der Waals surface area contributed by atoms with Crippen molar-refractivity contribution < 1.29 is 5.11 Å². The van der Waals surface area contributed by atoms with Gasteiger partial charge in [0, 0.05) is 9.35 Å². The second-order valence-corrected chi connectivity index (χ2v) is 4.44. The summed E-state index contributed by atoms with van der Waals surface area (Å²) < 4.78 is 0.993. The summed E-state index contributed by atoms with van der Waals surface area (Å²) in [5, 5.41) is 11.4. The Hall–Kier alpha value is 0.100. The van der Waals surface area contributed by atoms with Crippen LogP contribution in [0, 0.1) is 0 Å². The number of halogens is 1. The van der Waals surface area contributed by atoms with Crippen molar-refractivity contribution in [3.63, 3.8) is 0 Å². The van der Waals surface area contributed by atoms with Gasteiger partial charge in [-0.3, -0.25) is 0 Å². The van der Waals surface area contributed by atoms with Crippen LogP contribution in [0.5, 0.6) is 0 Å². The van der Waals surface area contributed by atoms with Gasteiger partial charge >= 0.3 is 0 Å². The van der Waals surface area contributed by atoms with Crippen LogP contribution in [0.15, 0.2) is 15.9 Å². The van der Waals surface area contributed by atoms with Crippen LogP contribution < -0.4 is 5.73 Å². The highest BCUT2D eigenvalue weighted by Gasteiger charge is 2.18. The van der Waals surface area contributed by atoms with E-state index in [-0.39, 0.29) is 6.04 Å². The summed E-state index contributed by atoms with van der Waals surface area (Å²) in [4.78, 5) is 1.02. The van der Waals surface area contributed by atoms with Gasteiger partial charge in [0.1, 0.15) is 0 Å². The Balaban J connectivity index is 2.77. The molecule has 0 aliphatic heterocycles. The highest BCUT2D eigenvalue weighted by molar-refractivity contribution is 9.10. The Morgan fingerprint density at radius 1 is 1.75 bits per heavy atom. The molecule has 0 spiro atoms. The van der Waals surface area contributed by atoms with E-state index < -0.39 is 6.10 Å². The topological polar surface area (TPSA) is 46.2 Å². The molecule has 0 unspecified atom stereocenters. The lowest BCUT2D eigenvalue weighted by Gasteiger charge is -2.15. The number of hydrogen-bond acceptors (Lipinski definition) is 3. The van der Waals surface area contributed by atoms with E-state index in [1.54, 1.807) is 11.3 Å². The Kier molecular flexibility index (Phi) is 3.71. The molecule has 1 aromatic rings. The van der Waals surface area contributed by atoms with E-state index in [1.807, 2.05) is 18.4 Å². The van der Waals surface area contributed by atoms with Gasteiger partial charge in [0.25, 0.3) is 0 Å². The first-order valence-corrected chi connectivity index (χ1v) is 5.50. The molecule has 1 heterocycles. The number of nitrogens with two attached hydrogens (primary N) is 1.